The number of allylic oxidation sites excluding steroid dienone is 4. The summed E-state index contributed by atoms with van der Waals surface area (Å²) in [6.45, 7) is 10.9. The van der Waals surface area contributed by atoms with Gasteiger partial charge >= 0.3 is 26.2 Å². The van der Waals surface area contributed by atoms with Crippen LogP contribution in [0.1, 0.15) is 6.42 Å². The predicted molar refractivity (Wildman–Crippen MR) is 79.7 cm³/mol. The fourth-order valence-electron chi connectivity index (χ4n) is 0.340. The monoisotopic (exact) mass is 323 g/mol. The summed E-state index contributed by atoms with van der Waals surface area (Å²) < 4.78 is 0. The molecule has 0 aliphatic heterocycles. The topological polar surface area (TPSA) is 71.4 Å². The van der Waals surface area contributed by atoms with Crippen molar-refractivity contribution in [2.45, 2.75) is 6.42 Å². The van der Waals surface area contributed by atoms with Crippen molar-refractivity contribution in [3.63, 3.8) is 0 Å². The zero-order chi connectivity index (χ0) is 13.8. The zero-order valence-corrected chi connectivity index (χ0v) is 13.4. The van der Waals surface area contributed by atoms with Crippen LogP contribution in [-0.2, 0) is 26.2 Å². The van der Waals surface area contributed by atoms with E-state index in [1.165, 1.54) is 0 Å². The molecule has 0 spiro atoms. The van der Waals surface area contributed by atoms with Gasteiger partial charge in [-0.3, -0.25) is 6.08 Å². The first kappa shape index (κ1) is 26.1. The SMILES string of the molecule is C=CC[NH-].C=CC[NH-].C=CC[NH-].[C-]1=CC=CC1.[Zr+4]. The van der Waals surface area contributed by atoms with E-state index >= 15 is 0 Å². The number of nitrogens with one attached hydrogen (secondary N) is 3. The Kier molecular flexibility index (Phi) is 52.2. The second kappa shape index (κ2) is 36.0. The van der Waals surface area contributed by atoms with Crippen LogP contribution in [-0.4, -0.2) is 19.6 Å². The van der Waals surface area contributed by atoms with E-state index in [2.05, 4.69) is 31.9 Å². The van der Waals surface area contributed by atoms with Crippen LogP contribution < -0.4 is 0 Å². The average Bonchev–Trinajstić information content (AvgIpc) is 2.98. The van der Waals surface area contributed by atoms with E-state index in [9.17, 15) is 0 Å². The van der Waals surface area contributed by atoms with Gasteiger partial charge in [0.2, 0.25) is 0 Å². The second-order valence-corrected chi connectivity index (χ2v) is 2.48. The van der Waals surface area contributed by atoms with Gasteiger partial charge in [0.15, 0.2) is 0 Å². The van der Waals surface area contributed by atoms with Crippen LogP contribution in [0.3, 0.4) is 0 Å². The van der Waals surface area contributed by atoms with E-state index < -0.39 is 0 Å². The Labute approximate surface area is 131 Å². The van der Waals surface area contributed by atoms with Crippen LogP contribution in [0, 0.1) is 6.08 Å². The molecule has 0 aromatic carbocycles. The summed E-state index contributed by atoms with van der Waals surface area (Å²) in [5, 5.41) is 0. The third-order valence-electron chi connectivity index (χ3n) is 1.02. The number of hydrogen-bond acceptors (Lipinski definition) is 0. The average molecular weight is 325 g/mol. The molecule has 1 rings (SSSR count). The molecule has 1 aliphatic carbocycles. The van der Waals surface area contributed by atoms with Crippen LogP contribution >= 0.6 is 0 Å². The van der Waals surface area contributed by atoms with Crippen LogP contribution in [0.15, 0.2) is 56.2 Å². The Morgan fingerprint density at radius 2 is 1.28 bits per heavy atom. The molecule has 0 heterocycles. The van der Waals surface area contributed by atoms with Gasteiger partial charge in [0.05, 0.1) is 0 Å². The van der Waals surface area contributed by atoms with Gasteiger partial charge in [0, 0.05) is 0 Å². The molecule has 0 amide bonds. The van der Waals surface area contributed by atoms with E-state index in [0.29, 0.717) is 19.6 Å². The Morgan fingerprint density at radius 3 is 1.33 bits per heavy atom. The Bertz CT molecular complexity index is 182. The van der Waals surface area contributed by atoms with Crippen molar-refractivity contribution in [3.05, 3.63) is 79.5 Å². The van der Waals surface area contributed by atoms with Crippen LogP contribution in [0.5, 0.6) is 0 Å². The smallest absolute Gasteiger partial charge is 0.674 e. The summed E-state index contributed by atoms with van der Waals surface area (Å²) >= 11 is 0. The second-order valence-electron chi connectivity index (χ2n) is 2.48. The first-order valence-electron chi connectivity index (χ1n) is 5.23. The molecule has 0 saturated carbocycles. The van der Waals surface area contributed by atoms with Crippen molar-refractivity contribution < 1.29 is 26.2 Å². The van der Waals surface area contributed by atoms with E-state index in [4.69, 9.17) is 17.2 Å². The molecule has 0 saturated heterocycles. The first-order chi connectivity index (χ1) is 8.24. The van der Waals surface area contributed by atoms with Crippen LogP contribution in [0.4, 0.5) is 0 Å². The molecule has 0 bridgehead atoms. The molecule has 0 unspecified atom stereocenters. The predicted octanol–water partition coefficient (Wildman–Crippen LogP) is 4.98. The zero-order valence-electron chi connectivity index (χ0n) is 10.9. The Balaban J connectivity index is -0.0000000719. The molecule has 0 radical (unpaired) electrons. The molecule has 3 N–H and O–H groups in total. The molecule has 0 aromatic heterocycles. The summed E-state index contributed by atoms with van der Waals surface area (Å²) in [7, 11) is 0. The summed E-state index contributed by atoms with van der Waals surface area (Å²) in [6, 6.07) is 0. The van der Waals surface area contributed by atoms with Gasteiger partial charge in [-0.1, -0.05) is 0 Å². The van der Waals surface area contributed by atoms with E-state index in [1.807, 2.05) is 12.2 Å². The van der Waals surface area contributed by atoms with Crippen molar-refractivity contribution >= 4 is 0 Å². The summed E-state index contributed by atoms with van der Waals surface area (Å²) in [6.07, 6.45) is 14.6. The standard InChI is InChI=1S/C5H5.3C3H6N.Zr/c1-2-4-5-3-1;3*1-2-3-4;/h1-3H,4H2;3*2,4H,1,3H2;/q4*-1;+4. The van der Waals surface area contributed by atoms with Crippen molar-refractivity contribution in [1.82, 2.24) is 0 Å². The van der Waals surface area contributed by atoms with Crippen molar-refractivity contribution in [1.29, 1.82) is 0 Å². The van der Waals surface area contributed by atoms with Gasteiger partial charge in [-0.15, -0.1) is 64.0 Å². The fraction of sp³-hybridized carbons (Fsp3) is 0.286. The Hall–Kier alpha value is -0.537. The maximum Gasteiger partial charge on any atom is 4.00 e. The first-order valence-corrected chi connectivity index (χ1v) is 5.23. The minimum atomic E-state index is 0. The molecule has 0 atom stereocenters. The quantitative estimate of drug-likeness (QED) is 0.519. The molecule has 0 fully saturated rings. The van der Waals surface area contributed by atoms with Crippen molar-refractivity contribution in [2.75, 3.05) is 19.6 Å². The van der Waals surface area contributed by atoms with Gasteiger partial charge in [-0.2, -0.15) is 6.08 Å². The molecular weight excluding hydrogens is 301 g/mol. The summed E-state index contributed by atoms with van der Waals surface area (Å²) in [4.78, 5) is 0. The van der Waals surface area contributed by atoms with Gasteiger partial charge in [0.25, 0.3) is 0 Å². The molecule has 18 heavy (non-hydrogen) atoms. The van der Waals surface area contributed by atoms with Gasteiger partial charge in [-0.25, -0.2) is 12.2 Å². The number of hydrogen-bond donors (Lipinski definition) is 0. The fourth-order valence-corrected chi connectivity index (χ4v) is 0.340. The van der Waals surface area contributed by atoms with Gasteiger partial charge < -0.3 is 17.2 Å². The minimum Gasteiger partial charge on any atom is -0.674 e. The molecular formula is C14H23N3Zr. The number of rotatable bonds is 3. The van der Waals surface area contributed by atoms with E-state index in [-0.39, 0.29) is 26.2 Å². The van der Waals surface area contributed by atoms with Crippen LogP contribution in [0.25, 0.3) is 17.2 Å². The summed E-state index contributed by atoms with van der Waals surface area (Å²) in [5.41, 5.74) is 19.0. The van der Waals surface area contributed by atoms with Crippen LogP contribution in [0.2, 0.25) is 0 Å². The third kappa shape index (κ3) is 58.1. The normalized spacial score (nSPS) is 9.06. The van der Waals surface area contributed by atoms with E-state index in [1.54, 1.807) is 18.2 Å². The largest absolute Gasteiger partial charge is 4.00 e. The van der Waals surface area contributed by atoms with Crippen molar-refractivity contribution in [3.8, 4) is 0 Å². The third-order valence-corrected chi connectivity index (χ3v) is 1.02. The molecule has 98 valence electrons. The molecule has 3 nitrogen and oxygen atoms in total. The van der Waals surface area contributed by atoms with E-state index in [0.717, 1.165) is 6.42 Å². The molecule has 1 aliphatic rings. The molecule has 4 heteroatoms. The summed E-state index contributed by atoms with van der Waals surface area (Å²) in [5.74, 6) is 0. The minimum absolute atomic E-state index is 0. The van der Waals surface area contributed by atoms with Gasteiger partial charge in [0.1, 0.15) is 0 Å². The maximum atomic E-state index is 6.33. The van der Waals surface area contributed by atoms with Crippen molar-refractivity contribution in [2.24, 2.45) is 0 Å². The Morgan fingerprint density at radius 1 is 0.944 bits per heavy atom. The molecule has 0 aromatic rings. The maximum absolute atomic E-state index is 6.33. The van der Waals surface area contributed by atoms with Gasteiger partial charge in [-0.05, 0) is 0 Å².